The van der Waals surface area contributed by atoms with E-state index in [0.29, 0.717) is 29.5 Å². The van der Waals surface area contributed by atoms with Gasteiger partial charge in [0.15, 0.2) is 0 Å². The summed E-state index contributed by atoms with van der Waals surface area (Å²) in [5, 5.41) is 7.95. The third kappa shape index (κ3) is 5.08. The van der Waals surface area contributed by atoms with E-state index in [1.165, 1.54) is 5.56 Å². The molecule has 3 rings (SSSR count). The van der Waals surface area contributed by atoms with E-state index in [4.69, 9.17) is 9.26 Å². The van der Waals surface area contributed by atoms with Crippen LogP contribution < -0.4 is 5.32 Å². The lowest BCUT2D eigenvalue weighted by Crippen LogP contribution is -2.34. The molecule has 29 heavy (non-hydrogen) atoms. The van der Waals surface area contributed by atoms with Crippen molar-refractivity contribution < 1.29 is 14.1 Å². The van der Waals surface area contributed by atoms with E-state index in [-0.39, 0.29) is 18.1 Å². The number of nitrogens with one attached hydrogen (secondary N) is 1. The molecule has 1 aromatic carbocycles. The van der Waals surface area contributed by atoms with Crippen molar-refractivity contribution in [3.8, 4) is 0 Å². The topological polar surface area (TPSA) is 93.4 Å². The number of benzene rings is 1. The highest BCUT2D eigenvalue weighted by Crippen LogP contribution is 2.24. The van der Waals surface area contributed by atoms with Gasteiger partial charge in [-0.3, -0.25) is 4.90 Å². The Bertz CT molecular complexity index is 956. The number of aryl methyl sites for hydroxylation is 1. The first-order chi connectivity index (χ1) is 14.0. The van der Waals surface area contributed by atoms with E-state index >= 15 is 0 Å². The summed E-state index contributed by atoms with van der Waals surface area (Å²) in [6.07, 6.45) is 0. The fourth-order valence-corrected chi connectivity index (χ4v) is 3.06. The number of nitrogens with zero attached hydrogens (tertiary/aromatic N) is 4. The van der Waals surface area contributed by atoms with Crippen LogP contribution >= 0.6 is 0 Å². The van der Waals surface area contributed by atoms with E-state index in [0.717, 1.165) is 13.1 Å². The van der Waals surface area contributed by atoms with Crippen LogP contribution in [-0.2, 0) is 11.3 Å². The summed E-state index contributed by atoms with van der Waals surface area (Å²) < 4.78 is 10.3. The molecular weight excluding hydrogens is 370 g/mol. The number of esters is 1. The number of hydrogen-bond acceptors (Lipinski definition) is 8. The Hall–Kier alpha value is -3.00. The number of aromatic nitrogens is 3. The highest BCUT2D eigenvalue weighted by atomic mass is 16.5. The summed E-state index contributed by atoms with van der Waals surface area (Å²) in [5.74, 6) is -0.0948. The molecule has 8 heteroatoms. The number of anilines is 1. The Morgan fingerprint density at radius 2 is 2.00 bits per heavy atom. The molecule has 0 atom stereocenters. The quantitative estimate of drug-likeness (QED) is 0.549. The number of ether oxygens (including phenoxy) is 1. The molecule has 0 aliphatic heterocycles. The fraction of sp³-hybridized carbons (Fsp3) is 0.429. The molecule has 0 unspecified atom stereocenters. The summed E-state index contributed by atoms with van der Waals surface area (Å²) in [4.78, 5) is 22.9. The van der Waals surface area contributed by atoms with Gasteiger partial charge in [-0.1, -0.05) is 35.5 Å². The van der Waals surface area contributed by atoms with E-state index in [1.807, 2.05) is 13.0 Å². The monoisotopic (exact) mass is 397 g/mol. The molecule has 2 heterocycles. The van der Waals surface area contributed by atoms with Crippen LogP contribution in [0, 0.1) is 6.92 Å². The summed E-state index contributed by atoms with van der Waals surface area (Å²) in [6, 6.07) is 10.8. The van der Waals surface area contributed by atoms with Gasteiger partial charge < -0.3 is 14.6 Å². The maximum atomic E-state index is 12.1. The molecule has 3 aromatic rings. The van der Waals surface area contributed by atoms with Crippen LogP contribution in [0.4, 0.5) is 5.82 Å². The van der Waals surface area contributed by atoms with Crippen molar-refractivity contribution in [2.24, 2.45) is 0 Å². The lowest BCUT2D eigenvalue weighted by Gasteiger charge is -2.26. The van der Waals surface area contributed by atoms with E-state index in [9.17, 15) is 4.79 Å². The Morgan fingerprint density at radius 1 is 1.24 bits per heavy atom. The van der Waals surface area contributed by atoms with Gasteiger partial charge in [-0.15, -0.1) is 0 Å². The first-order valence-corrected chi connectivity index (χ1v) is 9.82. The minimum Gasteiger partial charge on any atom is -0.460 e. The molecule has 0 aliphatic rings. The average Bonchev–Trinajstić information content (AvgIpc) is 3.09. The number of carbonyl (C=O) groups excluding carboxylic acids is 1. The molecule has 8 nitrogen and oxygen atoms in total. The molecule has 2 aromatic heterocycles. The summed E-state index contributed by atoms with van der Waals surface area (Å²) in [5.41, 5.74) is 2.21. The van der Waals surface area contributed by atoms with Crippen LogP contribution in [0.25, 0.3) is 11.1 Å². The third-order valence-corrected chi connectivity index (χ3v) is 4.61. The summed E-state index contributed by atoms with van der Waals surface area (Å²) in [7, 11) is 0. The molecule has 0 fully saturated rings. The second-order valence-corrected chi connectivity index (χ2v) is 7.04. The summed E-state index contributed by atoms with van der Waals surface area (Å²) in [6.45, 7) is 10.5. The van der Waals surface area contributed by atoms with Crippen LogP contribution in [0.2, 0.25) is 0 Å². The second kappa shape index (κ2) is 9.47. The van der Waals surface area contributed by atoms with Gasteiger partial charge in [0.25, 0.3) is 5.71 Å². The first kappa shape index (κ1) is 20.7. The average molecular weight is 397 g/mol. The Balaban J connectivity index is 1.74. The zero-order valence-corrected chi connectivity index (χ0v) is 17.3. The van der Waals surface area contributed by atoms with Crippen molar-refractivity contribution in [3.05, 3.63) is 47.4 Å². The fourth-order valence-electron chi connectivity index (χ4n) is 3.06. The predicted octanol–water partition coefficient (Wildman–Crippen LogP) is 3.43. The molecule has 1 N–H and O–H groups in total. The van der Waals surface area contributed by atoms with Crippen molar-refractivity contribution in [1.82, 2.24) is 20.0 Å². The van der Waals surface area contributed by atoms with Crippen molar-refractivity contribution in [2.75, 3.05) is 25.0 Å². The van der Waals surface area contributed by atoms with Crippen LogP contribution in [0.1, 0.15) is 42.6 Å². The molecule has 0 spiro atoms. The first-order valence-electron chi connectivity index (χ1n) is 9.82. The van der Waals surface area contributed by atoms with Crippen molar-refractivity contribution >= 4 is 22.9 Å². The Labute approximate surface area is 170 Å². The third-order valence-electron chi connectivity index (χ3n) is 4.61. The van der Waals surface area contributed by atoms with Gasteiger partial charge in [-0.2, -0.15) is 4.98 Å². The molecule has 0 saturated carbocycles. The number of hydrogen-bond donors (Lipinski definition) is 1. The number of carbonyl (C=O) groups is 1. The highest BCUT2D eigenvalue weighted by Gasteiger charge is 2.20. The number of fused-ring (bicyclic) bond motifs is 1. The van der Waals surface area contributed by atoms with Crippen molar-refractivity contribution in [2.45, 2.75) is 40.3 Å². The van der Waals surface area contributed by atoms with Crippen LogP contribution in [-0.4, -0.2) is 51.7 Å². The summed E-state index contributed by atoms with van der Waals surface area (Å²) >= 11 is 0. The van der Waals surface area contributed by atoms with E-state index in [1.54, 1.807) is 6.92 Å². The molecule has 0 aliphatic carbocycles. The minimum atomic E-state index is -0.584. The second-order valence-electron chi connectivity index (χ2n) is 7.04. The maximum Gasteiger partial charge on any atom is 0.376 e. The lowest BCUT2D eigenvalue weighted by atomic mass is 10.2. The SMILES string of the molecule is CCOC(=O)c1nc(NCCN(Cc2ccccc2)C(C)C)c2c(C)noc2n1. The minimum absolute atomic E-state index is 0.0389. The molecule has 0 saturated heterocycles. The van der Waals surface area contributed by atoms with Gasteiger partial charge in [0, 0.05) is 25.7 Å². The smallest absolute Gasteiger partial charge is 0.376 e. The molecular formula is C21H27N5O3. The Morgan fingerprint density at radius 3 is 2.69 bits per heavy atom. The highest BCUT2D eigenvalue weighted by molar-refractivity contribution is 5.93. The lowest BCUT2D eigenvalue weighted by molar-refractivity contribution is 0.0512. The standard InChI is InChI=1S/C21H27N5O3/c1-5-28-21(27)19-23-18(17-15(4)25-29-20(17)24-19)22-11-12-26(14(2)3)13-16-9-7-6-8-10-16/h6-10,14H,5,11-13H2,1-4H3,(H,22,23,24). The molecule has 0 amide bonds. The van der Waals surface area contributed by atoms with E-state index in [2.05, 4.69) is 63.5 Å². The zero-order valence-electron chi connectivity index (χ0n) is 17.3. The van der Waals surface area contributed by atoms with Gasteiger partial charge in [0.2, 0.25) is 5.82 Å². The molecule has 0 bridgehead atoms. The predicted molar refractivity (Wildman–Crippen MR) is 111 cm³/mol. The maximum absolute atomic E-state index is 12.1. The van der Waals surface area contributed by atoms with Crippen molar-refractivity contribution in [1.29, 1.82) is 0 Å². The van der Waals surface area contributed by atoms with E-state index < -0.39 is 5.97 Å². The van der Waals surface area contributed by atoms with Gasteiger partial charge in [-0.25, -0.2) is 9.78 Å². The van der Waals surface area contributed by atoms with Crippen molar-refractivity contribution in [3.63, 3.8) is 0 Å². The number of rotatable bonds is 9. The van der Waals surface area contributed by atoms with Crippen LogP contribution in [0.15, 0.2) is 34.9 Å². The largest absolute Gasteiger partial charge is 0.460 e. The van der Waals surface area contributed by atoms with Crippen LogP contribution in [0.5, 0.6) is 0 Å². The van der Waals surface area contributed by atoms with Gasteiger partial charge in [-0.05, 0) is 33.3 Å². The molecule has 0 radical (unpaired) electrons. The normalized spacial score (nSPS) is 11.4. The van der Waals surface area contributed by atoms with Gasteiger partial charge in [0.05, 0.1) is 12.3 Å². The van der Waals surface area contributed by atoms with Crippen LogP contribution in [0.3, 0.4) is 0 Å². The zero-order chi connectivity index (χ0) is 20.8. The molecule has 154 valence electrons. The van der Waals surface area contributed by atoms with Gasteiger partial charge in [0.1, 0.15) is 11.2 Å². The Kier molecular flexibility index (Phi) is 6.77. The van der Waals surface area contributed by atoms with Gasteiger partial charge >= 0.3 is 5.97 Å².